The maximum Gasteiger partial charge on any atom is 0.242 e. The first-order valence-corrected chi connectivity index (χ1v) is 13.5. The van der Waals surface area contributed by atoms with Crippen LogP contribution in [0.5, 0.6) is 0 Å². The zero-order valence-electron chi connectivity index (χ0n) is 20.7. The number of amides is 2. The Morgan fingerprint density at radius 1 is 1.00 bits per heavy atom. The van der Waals surface area contributed by atoms with E-state index < -0.39 is 16.1 Å². The van der Waals surface area contributed by atoms with Crippen molar-refractivity contribution in [3.05, 3.63) is 66.0 Å². The lowest BCUT2D eigenvalue weighted by atomic mass is 10.1. The van der Waals surface area contributed by atoms with E-state index in [1.165, 1.54) is 40.5 Å². The molecule has 1 atom stereocenters. The lowest BCUT2D eigenvalue weighted by molar-refractivity contribution is -0.141. The number of hydrogen-bond donors (Lipinski definition) is 1. The number of rotatable bonds is 14. The van der Waals surface area contributed by atoms with Gasteiger partial charge in [0.05, 0.1) is 4.90 Å². The zero-order chi connectivity index (χ0) is 25.8. The van der Waals surface area contributed by atoms with Crippen molar-refractivity contribution < 1.29 is 22.4 Å². The van der Waals surface area contributed by atoms with Gasteiger partial charge in [-0.1, -0.05) is 50.6 Å². The third kappa shape index (κ3) is 8.43. The van der Waals surface area contributed by atoms with Crippen LogP contribution in [0, 0.1) is 5.82 Å². The summed E-state index contributed by atoms with van der Waals surface area (Å²) in [5, 5.41) is 2.90. The van der Waals surface area contributed by atoms with E-state index in [0.29, 0.717) is 24.9 Å². The zero-order valence-corrected chi connectivity index (χ0v) is 21.6. The third-order valence-electron chi connectivity index (χ3n) is 5.80. The van der Waals surface area contributed by atoms with Gasteiger partial charge in [-0.15, -0.1) is 0 Å². The first-order chi connectivity index (χ1) is 16.7. The highest BCUT2D eigenvalue weighted by Crippen LogP contribution is 2.17. The summed E-state index contributed by atoms with van der Waals surface area (Å²) in [4.78, 5) is 27.8. The molecule has 2 amide bonds. The van der Waals surface area contributed by atoms with Crippen LogP contribution in [0.15, 0.2) is 59.5 Å². The fraction of sp³-hybridized carbons (Fsp3) is 0.462. The van der Waals surface area contributed by atoms with Gasteiger partial charge in [0.25, 0.3) is 0 Å². The minimum absolute atomic E-state index is 0.0780. The molecule has 0 radical (unpaired) electrons. The molecule has 35 heavy (non-hydrogen) atoms. The summed E-state index contributed by atoms with van der Waals surface area (Å²) >= 11 is 0. The summed E-state index contributed by atoms with van der Waals surface area (Å²) in [5.74, 6) is -0.851. The van der Waals surface area contributed by atoms with Crippen molar-refractivity contribution in [2.75, 3.05) is 20.1 Å². The van der Waals surface area contributed by atoms with Crippen molar-refractivity contribution >= 4 is 21.8 Å². The molecule has 0 unspecified atom stereocenters. The minimum atomic E-state index is -3.65. The molecule has 0 aliphatic heterocycles. The van der Waals surface area contributed by atoms with Crippen molar-refractivity contribution in [3.8, 4) is 0 Å². The number of nitrogens with one attached hydrogen (secondary N) is 1. The fourth-order valence-electron chi connectivity index (χ4n) is 3.70. The molecular weight excluding hydrogens is 469 g/mol. The first-order valence-electron chi connectivity index (χ1n) is 12.0. The van der Waals surface area contributed by atoms with Crippen molar-refractivity contribution in [2.24, 2.45) is 0 Å². The molecule has 9 heteroatoms. The number of benzene rings is 2. The normalized spacial score (nSPS) is 12.4. The first kappa shape index (κ1) is 28.5. The van der Waals surface area contributed by atoms with Crippen LogP contribution in [0.4, 0.5) is 4.39 Å². The molecule has 2 aromatic rings. The summed E-state index contributed by atoms with van der Waals surface area (Å²) < 4.78 is 40.1. The number of unbranched alkanes of at least 4 members (excludes halogenated alkanes) is 1. The van der Waals surface area contributed by atoms with Crippen molar-refractivity contribution in [1.82, 2.24) is 14.5 Å². The number of nitrogens with zero attached hydrogens (tertiary/aromatic N) is 2. The van der Waals surface area contributed by atoms with E-state index in [4.69, 9.17) is 0 Å². The fourth-order valence-corrected chi connectivity index (χ4v) is 4.93. The van der Waals surface area contributed by atoms with E-state index in [1.54, 1.807) is 30.3 Å². The van der Waals surface area contributed by atoms with Crippen LogP contribution in [0.2, 0.25) is 0 Å². The van der Waals surface area contributed by atoms with E-state index in [9.17, 15) is 22.4 Å². The Bertz CT molecular complexity index is 1050. The highest BCUT2D eigenvalue weighted by molar-refractivity contribution is 7.89. The molecule has 2 rings (SSSR count). The molecule has 0 spiro atoms. The quantitative estimate of drug-likeness (QED) is 0.394. The number of carbonyl (C=O) groups excluding carboxylic acids is 2. The molecule has 0 heterocycles. The molecule has 7 nitrogen and oxygen atoms in total. The van der Waals surface area contributed by atoms with Gasteiger partial charge < -0.3 is 10.2 Å². The van der Waals surface area contributed by atoms with Crippen molar-refractivity contribution in [2.45, 2.75) is 63.4 Å². The Kier molecular flexibility index (Phi) is 11.3. The topological polar surface area (TPSA) is 86.8 Å². The molecule has 192 valence electrons. The van der Waals surface area contributed by atoms with Crippen LogP contribution in [0.1, 0.15) is 51.5 Å². The molecule has 0 saturated carbocycles. The van der Waals surface area contributed by atoms with Gasteiger partial charge in [0, 0.05) is 33.1 Å². The maximum absolute atomic E-state index is 13.4. The van der Waals surface area contributed by atoms with Gasteiger partial charge >= 0.3 is 0 Å². The molecular formula is C26H36FN3O4S. The Hall–Kier alpha value is -2.78. The molecule has 0 fully saturated rings. The maximum atomic E-state index is 13.4. The summed E-state index contributed by atoms with van der Waals surface area (Å²) in [7, 11) is -2.16. The van der Waals surface area contributed by atoms with Crippen molar-refractivity contribution in [3.63, 3.8) is 0 Å². The standard InChI is InChI=1S/C26H36FN3O4S/c1-4-6-18-28-26(32)24(5-2)30(20-21-14-16-22(27)17-15-21)25(31)13-10-19-29(3)35(33,34)23-11-8-7-9-12-23/h7-9,11-12,14-17,24H,4-6,10,13,18-20H2,1-3H3,(H,28,32)/t24-/m0/s1. The Balaban J connectivity index is 2.10. The molecule has 2 aromatic carbocycles. The lowest BCUT2D eigenvalue weighted by Crippen LogP contribution is -2.49. The molecule has 0 saturated heterocycles. The lowest BCUT2D eigenvalue weighted by Gasteiger charge is -2.31. The predicted octanol–water partition coefficient (Wildman–Crippen LogP) is 3.95. The Labute approximate surface area is 208 Å². The monoisotopic (exact) mass is 505 g/mol. The second kappa shape index (κ2) is 13.9. The smallest absolute Gasteiger partial charge is 0.242 e. The van der Waals surface area contributed by atoms with Gasteiger partial charge in [0.2, 0.25) is 21.8 Å². The van der Waals surface area contributed by atoms with E-state index in [0.717, 1.165) is 12.8 Å². The van der Waals surface area contributed by atoms with Crippen LogP contribution in [0.3, 0.4) is 0 Å². The van der Waals surface area contributed by atoms with Crippen LogP contribution < -0.4 is 5.32 Å². The second-order valence-electron chi connectivity index (χ2n) is 8.46. The highest BCUT2D eigenvalue weighted by Gasteiger charge is 2.28. The van der Waals surface area contributed by atoms with Gasteiger partial charge in [0.1, 0.15) is 11.9 Å². The predicted molar refractivity (Wildman–Crippen MR) is 134 cm³/mol. The Morgan fingerprint density at radius 2 is 1.66 bits per heavy atom. The van der Waals surface area contributed by atoms with Gasteiger partial charge in [-0.3, -0.25) is 9.59 Å². The molecule has 1 N–H and O–H groups in total. The number of halogens is 1. The molecule has 0 aliphatic carbocycles. The largest absolute Gasteiger partial charge is 0.354 e. The van der Waals surface area contributed by atoms with E-state index in [-0.39, 0.29) is 42.0 Å². The third-order valence-corrected chi connectivity index (χ3v) is 7.67. The SMILES string of the molecule is CCCCNC(=O)[C@H](CC)N(Cc1ccc(F)cc1)C(=O)CCCN(C)S(=O)(=O)c1ccccc1. The number of sulfonamides is 1. The van der Waals surface area contributed by atoms with Crippen LogP contribution in [-0.4, -0.2) is 55.6 Å². The molecule has 0 bridgehead atoms. The van der Waals surface area contributed by atoms with Crippen LogP contribution in [-0.2, 0) is 26.2 Å². The van der Waals surface area contributed by atoms with Gasteiger partial charge in [-0.2, -0.15) is 0 Å². The Morgan fingerprint density at radius 3 is 2.26 bits per heavy atom. The van der Waals surface area contributed by atoms with Crippen LogP contribution in [0.25, 0.3) is 0 Å². The molecule has 0 aliphatic rings. The van der Waals surface area contributed by atoms with Crippen LogP contribution >= 0.6 is 0 Å². The summed E-state index contributed by atoms with van der Waals surface area (Å²) in [5.41, 5.74) is 0.711. The second-order valence-corrected chi connectivity index (χ2v) is 10.5. The summed E-state index contributed by atoms with van der Waals surface area (Å²) in [6.07, 6.45) is 2.59. The average Bonchev–Trinajstić information content (AvgIpc) is 2.85. The minimum Gasteiger partial charge on any atom is -0.354 e. The average molecular weight is 506 g/mol. The van der Waals surface area contributed by atoms with E-state index in [2.05, 4.69) is 5.32 Å². The highest BCUT2D eigenvalue weighted by atomic mass is 32.2. The van der Waals surface area contributed by atoms with Gasteiger partial charge in [-0.25, -0.2) is 17.1 Å². The number of hydrogen-bond acceptors (Lipinski definition) is 4. The molecule has 0 aromatic heterocycles. The van der Waals surface area contributed by atoms with Gasteiger partial charge in [-0.05, 0) is 49.1 Å². The summed E-state index contributed by atoms with van der Waals surface area (Å²) in [6, 6.07) is 13.3. The van der Waals surface area contributed by atoms with E-state index >= 15 is 0 Å². The summed E-state index contributed by atoms with van der Waals surface area (Å²) in [6.45, 7) is 4.73. The number of carbonyl (C=O) groups is 2. The van der Waals surface area contributed by atoms with Crippen molar-refractivity contribution in [1.29, 1.82) is 0 Å². The van der Waals surface area contributed by atoms with E-state index in [1.807, 2.05) is 13.8 Å². The van der Waals surface area contributed by atoms with Gasteiger partial charge in [0.15, 0.2) is 0 Å².